The Kier molecular flexibility index (Phi) is 5.70. The van der Waals surface area contributed by atoms with Gasteiger partial charge in [-0.3, -0.25) is 4.48 Å². The number of benzene rings is 1. The lowest BCUT2D eigenvalue weighted by molar-refractivity contribution is 0.0421. The first kappa shape index (κ1) is 20.7. The zero-order valence-corrected chi connectivity index (χ0v) is 19.0. The number of rotatable bonds is 1. The van der Waals surface area contributed by atoms with Gasteiger partial charge in [-0.15, -0.1) is 0 Å². The monoisotopic (exact) mass is 371 g/mol. The number of quaternary nitrogens is 1. The van der Waals surface area contributed by atoms with E-state index in [1.54, 1.807) is 5.69 Å². The lowest BCUT2D eigenvalue weighted by Gasteiger charge is -2.55. The molecule has 27 heavy (non-hydrogen) atoms. The van der Waals surface area contributed by atoms with Crippen LogP contribution in [0.3, 0.4) is 0 Å². The summed E-state index contributed by atoms with van der Waals surface area (Å²) < 4.78 is 1.13. The molecule has 0 N–H and O–H groups in total. The second kappa shape index (κ2) is 7.43. The van der Waals surface area contributed by atoms with Crippen molar-refractivity contribution in [3.05, 3.63) is 24.3 Å². The van der Waals surface area contributed by atoms with Crippen LogP contribution in [0.25, 0.3) is 0 Å². The highest BCUT2D eigenvalue weighted by molar-refractivity contribution is 5.77. The third-order valence-corrected chi connectivity index (χ3v) is 7.24. The van der Waals surface area contributed by atoms with Crippen LogP contribution in [-0.2, 0) is 0 Å². The van der Waals surface area contributed by atoms with Crippen LogP contribution in [0.1, 0.15) is 99.8 Å². The molecule has 0 bridgehead atoms. The van der Waals surface area contributed by atoms with E-state index in [-0.39, 0.29) is 11.1 Å². The highest BCUT2D eigenvalue weighted by Gasteiger charge is 2.60. The van der Waals surface area contributed by atoms with Gasteiger partial charge in [0.25, 0.3) is 0 Å². The number of nitrogens with zero attached hydrogens (tertiary/aromatic N) is 2. The number of anilines is 1. The molecule has 2 atom stereocenters. The predicted octanol–water partition coefficient (Wildman–Crippen LogP) is 7.26. The molecule has 0 radical (unpaired) electrons. The van der Waals surface area contributed by atoms with Crippen molar-refractivity contribution in [3.63, 3.8) is 0 Å². The lowest BCUT2D eigenvalue weighted by atomic mass is 9.89. The van der Waals surface area contributed by atoms with E-state index in [0.717, 1.165) is 4.48 Å². The maximum absolute atomic E-state index is 2.72. The fourth-order valence-corrected chi connectivity index (χ4v) is 6.48. The third kappa shape index (κ3) is 3.43. The topological polar surface area (TPSA) is 3.24 Å². The summed E-state index contributed by atoms with van der Waals surface area (Å²) in [5.74, 6) is 0. The van der Waals surface area contributed by atoms with Gasteiger partial charge < -0.3 is 4.90 Å². The Labute approximate surface area is 168 Å². The molecule has 152 valence electrons. The molecule has 1 heterocycles. The average molecular weight is 372 g/mol. The van der Waals surface area contributed by atoms with Crippen LogP contribution < -0.4 is 9.38 Å². The van der Waals surface area contributed by atoms with Gasteiger partial charge >= 0.3 is 0 Å². The van der Waals surface area contributed by atoms with Crippen LogP contribution in [0.2, 0.25) is 0 Å². The van der Waals surface area contributed by atoms with Crippen LogP contribution in [0.4, 0.5) is 11.4 Å². The summed E-state index contributed by atoms with van der Waals surface area (Å²) in [6.45, 7) is 17.1. The molecule has 0 spiro atoms. The number of hydrogen-bond donors (Lipinski definition) is 0. The van der Waals surface area contributed by atoms with Crippen molar-refractivity contribution in [2.45, 2.75) is 123 Å². The Bertz CT molecular complexity index is 626. The van der Waals surface area contributed by atoms with E-state index >= 15 is 0 Å². The summed E-state index contributed by atoms with van der Waals surface area (Å²) in [7, 11) is 0. The Morgan fingerprint density at radius 2 is 1.33 bits per heavy atom. The first-order chi connectivity index (χ1) is 12.6. The van der Waals surface area contributed by atoms with Crippen LogP contribution in [0.5, 0.6) is 0 Å². The molecular formula is C25H43N2+. The van der Waals surface area contributed by atoms with Gasteiger partial charge in [-0.2, -0.15) is 0 Å². The minimum Gasteiger partial charge on any atom is -0.312 e. The zero-order valence-electron chi connectivity index (χ0n) is 19.0. The highest BCUT2D eigenvalue weighted by Crippen LogP contribution is 2.55. The Balaban J connectivity index is 2.18. The quantitative estimate of drug-likeness (QED) is 0.469. The fraction of sp³-hybridized carbons (Fsp3) is 0.760. The van der Waals surface area contributed by atoms with Gasteiger partial charge in [0.15, 0.2) is 11.9 Å². The van der Waals surface area contributed by atoms with Crippen molar-refractivity contribution < 1.29 is 0 Å². The van der Waals surface area contributed by atoms with Crippen molar-refractivity contribution in [2.75, 3.05) is 4.90 Å². The highest BCUT2D eigenvalue weighted by atomic mass is 15.6. The Hall–Kier alpha value is -1.02. The normalized spacial score (nSPS) is 28.4. The predicted molar refractivity (Wildman–Crippen MR) is 120 cm³/mol. The Morgan fingerprint density at radius 3 is 1.85 bits per heavy atom. The minimum atomic E-state index is 0.124. The molecule has 1 aliphatic heterocycles. The molecule has 1 aromatic carbocycles. The average Bonchev–Trinajstić information content (AvgIpc) is 2.90. The summed E-state index contributed by atoms with van der Waals surface area (Å²) in [5, 5.41) is 0. The number of hydrogen-bond acceptors (Lipinski definition) is 1. The van der Waals surface area contributed by atoms with Gasteiger partial charge in [0, 0.05) is 18.5 Å². The van der Waals surface area contributed by atoms with Crippen LogP contribution in [0, 0.1) is 0 Å². The molecule has 1 aliphatic carbocycles. The lowest BCUT2D eigenvalue weighted by Crippen LogP contribution is -2.73. The molecule has 1 fully saturated rings. The van der Waals surface area contributed by atoms with Crippen LogP contribution >= 0.6 is 0 Å². The molecule has 2 nitrogen and oxygen atoms in total. The maximum atomic E-state index is 2.72. The second-order valence-corrected chi connectivity index (χ2v) is 11.0. The van der Waals surface area contributed by atoms with Crippen molar-refractivity contribution in [2.24, 2.45) is 0 Å². The summed E-state index contributed by atoms with van der Waals surface area (Å²) in [4.78, 5) is 2.72. The van der Waals surface area contributed by atoms with Gasteiger partial charge in [-0.05, 0) is 73.3 Å². The molecular weight excluding hydrogens is 328 g/mol. The van der Waals surface area contributed by atoms with Crippen LogP contribution in [-0.4, -0.2) is 23.3 Å². The van der Waals surface area contributed by atoms with Crippen molar-refractivity contribution in [1.82, 2.24) is 4.48 Å². The first-order valence-electron chi connectivity index (χ1n) is 11.4. The molecule has 0 amide bonds. The molecule has 2 unspecified atom stereocenters. The van der Waals surface area contributed by atoms with E-state index in [1.807, 2.05) is 0 Å². The summed E-state index contributed by atoms with van der Waals surface area (Å²) in [6.07, 6.45) is 11.7. The first-order valence-corrected chi connectivity index (χ1v) is 11.4. The van der Waals surface area contributed by atoms with Gasteiger partial charge in [-0.25, -0.2) is 0 Å². The summed E-state index contributed by atoms with van der Waals surface area (Å²) >= 11 is 0. The van der Waals surface area contributed by atoms with Crippen LogP contribution in [0.15, 0.2) is 24.3 Å². The number of fused-ring (bicyclic) bond motifs is 1. The molecule has 1 saturated carbocycles. The molecule has 2 aliphatic rings. The van der Waals surface area contributed by atoms with E-state index in [0.29, 0.717) is 12.2 Å². The largest absolute Gasteiger partial charge is 0.312 e. The van der Waals surface area contributed by atoms with E-state index in [9.17, 15) is 0 Å². The number of para-hydroxylation sites is 2. The SMILES string of the molecule is CC1N(C(C)(C)C)c2ccccc2[N+]1(C1CCCCCCCC1)C(C)(C)C. The zero-order chi connectivity index (χ0) is 19.9. The minimum absolute atomic E-state index is 0.124. The fourth-order valence-electron chi connectivity index (χ4n) is 6.48. The van der Waals surface area contributed by atoms with Gasteiger partial charge in [0.1, 0.15) is 5.69 Å². The molecule has 1 aromatic rings. The smallest absolute Gasteiger partial charge is 0.167 e. The van der Waals surface area contributed by atoms with E-state index in [1.165, 1.54) is 57.1 Å². The van der Waals surface area contributed by atoms with E-state index < -0.39 is 0 Å². The van der Waals surface area contributed by atoms with E-state index in [4.69, 9.17) is 0 Å². The van der Waals surface area contributed by atoms with Gasteiger partial charge in [0.05, 0.1) is 11.6 Å². The van der Waals surface area contributed by atoms with Gasteiger partial charge in [0.2, 0.25) is 0 Å². The molecule has 0 aromatic heterocycles. The van der Waals surface area contributed by atoms with Crippen molar-refractivity contribution >= 4 is 11.4 Å². The second-order valence-electron chi connectivity index (χ2n) is 11.0. The van der Waals surface area contributed by atoms with Crippen molar-refractivity contribution in [3.8, 4) is 0 Å². The standard InChI is InChI=1S/C25H43N2/c1-20-26(24(2,3)4)22-18-14-15-19-23(22)27(20,25(5,6)7)21-16-12-10-8-9-11-13-17-21/h14-15,18-21H,8-13,16-17H2,1-7H3/q+1. The van der Waals surface area contributed by atoms with E-state index in [2.05, 4.69) is 77.6 Å². The molecule has 2 heteroatoms. The molecule has 0 saturated heterocycles. The summed E-state index contributed by atoms with van der Waals surface area (Å²) in [6, 6.07) is 10.0. The maximum Gasteiger partial charge on any atom is 0.167 e. The molecule has 3 rings (SSSR count). The summed E-state index contributed by atoms with van der Waals surface area (Å²) in [5.41, 5.74) is 3.33. The third-order valence-electron chi connectivity index (χ3n) is 7.24. The van der Waals surface area contributed by atoms with Gasteiger partial charge in [-0.1, -0.05) is 37.8 Å². The van der Waals surface area contributed by atoms with Crippen molar-refractivity contribution in [1.29, 1.82) is 0 Å². The Morgan fingerprint density at radius 1 is 0.815 bits per heavy atom.